The molecule has 2 atom stereocenters. The van der Waals surface area contributed by atoms with Crippen molar-refractivity contribution < 1.29 is 19.4 Å². The quantitative estimate of drug-likeness (QED) is 0.607. The molecule has 0 fully saturated rings. The van der Waals surface area contributed by atoms with Crippen molar-refractivity contribution in [3.63, 3.8) is 0 Å². The summed E-state index contributed by atoms with van der Waals surface area (Å²) in [7, 11) is 3.45. The molecule has 2 aromatic rings. The summed E-state index contributed by atoms with van der Waals surface area (Å²) in [4.78, 5) is 11.4. The number of aliphatic hydroxyl groups is 1. The minimum atomic E-state index is -1.28. The Morgan fingerprint density at radius 2 is 1.16 bits per heavy atom. The van der Waals surface area contributed by atoms with Gasteiger partial charge in [0.05, 0.1) is 0 Å². The number of hydrogen-bond donors (Lipinski definition) is 1. The molecule has 0 bridgehead atoms. The van der Waals surface area contributed by atoms with Gasteiger partial charge in [-0.25, -0.2) is 0 Å². The van der Waals surface area contributed by atoms with Gasteiger partial charge in [-0.3, -0.25) is 4.79 Å². The summed E-state index contributed by atoms with van der Waals surface area (Å²) in [6, 6.07) is 15.9. The van der Waals surface area contributed by atoms with Gasteiger partial charge in [-0.15, -0.1) is 0 Å². The second-order valence-electron chi connectivity index (χ2n) is 8.00. The number of ether oxygens (including phenoxy) is 2. The second kappa shape index (κ2) is 8.32. The fourth-order valence-corrected chi connectivity index (χ4v) is 4.60. The zero-order chi connectivity index (χ0) is 22.1. The van der Waals surface area contributed by atoms with Gasteiger partial charge < -0.3 is 14.6 Å². The fourth-order valence-electron chi connectivity index (χ4n) is 4.34. The third kappa shape index (κ3) is 3.99. The maximum absolute atomic E-state index is 11.4. The lowest BCUT2D eigenvalue weighted by Crippen LogP contribution is -2.37. The van der Waals surface area contributed by atoms with Crippen molar-refractivity contribution in [1.29, 1.82) is 0 Å². The Labute approximate surface area is 191 Å². The molecule has 1 unspecified atom stereocenters. The lowest BCUT2D eigenvalue weighted by molar-refractivity contribution is -0.110. The van der Waals surface area contributed by atoms with Crippen LogP contribution in [-0.2, 0) is 31.1 Å². The second-order valence-corrected chi connectivity index (χ2v) is 8.91. The minimum Gasteiger partial charge on any atom is -0.377 e. The molecule has 2 aromatic carbocycles. The number of carbonyl (C=O) groups is 1. The molecule has 0 radical (unpaired) electrons. The summed E-state index contributed by atoms with van der Waals surface area (Å²) in [5, 5.41) is 10.8. The Morgan fingerprint density at radius 3 is 1.58 bits per heavy atom. The van der Waals surface area contributed by atoms with Gasteiger partial charge >= 0.3 is 0 Å². The first-order valence-corrected chi connectivity index (χ1v) is 11.0. The molecule has 0 amide bonds. The van der Waals surface area contributed by atoms with Crippen LogP contribution in [0.15, 0.2) is 89.5 Å². The van der Waals surface area contributed by atoms with Gasteiger partial charge in [-0.1, -0.05) is 52.3 Å². The van der Waals surface area contributed by atoms with Crippen molar-refractivity contribution >= 4 is 21.7 Å². The molecule has 2 aliphatic rings. The SMILES string of the molecule is COC1(c2ccc(Br)cc2)C=C[C@](OC)(c2ccc(C3(O)C=CC(=O)C=C3)cc2)CC1. The highest BCUT2D eigenvalue weighted by molar-refractivity contribution is 9.10. The number of ketones is 1. The monoisotopic (exact) mass is 480 g/mol. The van der Waals surface area contributed by atoms with Crippen molar-refractivity contribution in [1.82, 2.24) is 0 Å². The van der Waals surface area contributed by atoms with Crippen LogP contribution in [-0.4, -0.2) is 25.1 Å². The third-order valence-corrected chi connectivity index (χ3v) is 6.92. The lowest BCUT2D eigenvalue weighted by Gasteiger charge is -2.41. The van der Waals surface area contributed by atoms with Crippen LogP contribution in [0.1, 0.15) is 29.5 Å². The topological polar surface area (TPSA) is 55.8 Å². The van der Waals surface area contributed by atoms with E-state index in [1.54, 1.807) is 14.2 Å². The van der Waals surface area contributed by atoms with Crippen molar-refractivity contribution in [2.24, 2.45) is 0 Å². The van der Waals surface area contributed by atoms with Gasteiger partial charge in [0.1, 0.15) is 16.8 Å². The zero-order valence-corrected chi connectivity index (χ0v) is 19.1. The molecule has 160 valence electrons. The average molecular weight is 481 g/mol. The highest BCUT2D eigenvalue weighted by atomic mass is 79.9. The third-order valence-electron chi connectivity index (χ3n) is 6.39. The number of hydrogen-bond acceptors (Lipinski definition) is 4. The van der Waals surface area contributed by atoms with E-state index in [0.29, 0.717) is 5.56 Å². The molecule has 0 saturated carbocycles. The number of methoxy groups -OCH3 is 2. The fraction of sp³-hybridized carbons (Fsp3) is 0.269. The predicted octanol–water partition coefficient (Wildman–Crippen LogP) is 5.07. The van der Waals surface area contributed by atoms with Gasteiger partial charge in [0.2, 0.25) is 0 Å². The maximum atomic E-state index is 11.4. The smallest absolute Gasteiger partial charge is 0.178 e. The zero-order valence-electron chi connectivity index (χ0n) is 17.5. The van der Waals surface area contributed by atoms with Crippen LogP contribution in [0.2, 0.25) is 0 Å². The van der Waals surface area contributed by atoms with Gasteiger partial charge in [0.25, 0.3) is 0 Å². The van der Waals surface area contributed by atoms with Crippen LogP contribution in [0.5, 0.6) is 0 Å². The highest BCUT2D eigenvalue weighted by Crippen LogP contribution is 2.45. The van der Waals surface area contributed by atoms with Gasteiger partial charge in [-0.2, -0.15) is 0 Å². The van der Waals surface area contributed by atoms with Gasteiger partial charge in [0, 0.05) is 18.7 Å². The Bertz CT molecular complexity index is 1040. The van der Waals surface area contributed by atoms with Crippen LogP contribution in [0, 0.1) is 0 Å². The summed E-state index contributed by atoms with van der Waals surface area (Å²) >= 11 is 3.49. The van der Waals surface area contributed by atoms with E-state index in [4.69, 9.17) is 9.47 Å². The molecule has 0 aromatic heterocycles. The van der Waals surface area contributed by atoms with E-state index in [-0.39, 0.29) is 5.78 Å². The standard InChI is InChI=1S/C26H25BrO4/c1-30-25(15-17-26(31-2,18-16-25)21-7-9-22(27)10-8-21)20-5-3-19(4-6-20)24(29)13-11-23(28)12-14-24/h3-15,17,29H,16,18H2,1-2H3/t25-,26?/m1/s1. The normalized spacial score (nSPS) is 26.9. The molecule has 2 aliphatic carbocycles. The van der Waals surface area contributed by atoms with Crippen LogP contribution in [0.3, 0.4) is 0 Å². The summed E-state index contributed by atoms with van der Waals surface area (Å²) < 4.78 is 13.0. The van der Waals surface area contributed by atoms with Crippen LogP contribution < -0.4 is 0 Å². The summed E-state index contributed by atoms with van der Waals surface area (Å²) in [5.41, 5.74) is 0.445. The minimum absolute atomic E-state index is 0.126. The van der Waals surface area contributed by atoms with Crippen molar-refractivity contribution in [3.05, 3.63) is 106 Å². The van der Waals surface area contributed by atoms with E-state index in [2.05, 4.69) is 40.2 Å². The molecule has 0 aliphatic heterocycles. The number of rotatable bonds is 5. The molecular weight excluding hydrogens is 456 g/mol. The molecule has 4 nitrogen and oxygen atoms in total. The Balaban J connectivity index is 1.64. The number of benzene rings is 2. The van der Waals surface area contributed by atoms with Crippen LogP contribution in [0.4, 0.5) is 0 Å². The molecule has 31 heavy (non-hydrogen) atoms. The van der Waals surface area contributed by atoms with Crippen molar-refractivity contribution in [2.75, 3.05) is 14.2 Å². The van der Waals surface area contributed by atoms with E-state index in [0.717, 1.165) is 28.4 Å². The molecule has 4 rings (SSSR count). The van der Waals surface area contributed by atoms with Crippen molar-refractivity contribution in [3.8, 4) is 0 Å². The van der Waals surface area contributed by atoms with E-state index in [1.165, 1.54) is 24.3 Å². The maximum Gasteiger partial charge on any atom is 0.178 e. The Hall–Kier alpha value is -2.31. The molecule has 5 heteroatoms. The van der Waals surface area contributed by atoms with E-state index >= 15 is 0 Å². The van der Waals surface area contributed by atoms with Crippen LogP contribution in [0.25, 0.3) is 0 Å². The Kier molecular flexibility index (Phi) is 5.88. The number of carbonyl (C=O) groups excluding carboxylic acids is 1. The summed E-state index contributed by atoms with van der Waals surface area (Å²) in [6.07, 6.45) is 11.5. The van der Waals surface area contributed by atoms with Crippen LogP contribution >= 0.6 is 15.9 Å². The molecule has 0 saturated heterocycles. The highest BCUT2D eigenvalue weighted by Gasteiger charge is 2.41. The molecule has 0 heterocycles. The van der Waals surface area contributed by atoms with E-state index in [9.17, 15) is 9.90 Å². The predicted molar refractivity (Wildman–Crippen MR) is 124 cm³/mol. The van der Waals surface area contributed by atoms with E-state index < -0.39 is 16.8 Å². The van der Waals surface area contributed by atoms with Gasteiger partial charge in [0.15, 0.2) is 5.78 Å². The van der Waals surface area contributed by atoms with Crippen molar-refractivity contribution in [2.45, 2.75) is 29.6 Å². The van der Waals surface area contributed by atoms with Gasteiger partial charge in [-0.05, 0) is 78.1 Å². The lowest BCUT2D eigenvalue weighted by atomic mass is 9.75. The average Bonchev–Trinajstić information content (AvgIpc) is 2.82. The summed E-state index contributed by atoms with van der Waals surface area (Å²) in [6.45, 7) is 0. The first-order chi connectivity index (χ1) is 14.8. The molecular formula is C26H25BrO4. The van der Waals surface area contributed by atoms with E-state index in [1.807, 2.05) is 36.4 Å². The Morgan fingerprint density at radius 1 is 0.742 bits per heavy atom. The molecule has 0 spiro atoms. The first-order valence-electron chi connectivity index (χ1n) is 10.2. The number of allylic oxidation sites excluding steroid dienone is 2. The summed E-state index contributed by atoms with van der Waals surface area (Å²) in [5.74, 6) is -0.126. The number of halogens is 1. The molecule has 1 N–H and O–H groups in total. The largest absolute Gasteiger partial charge is 0.377 e. The first kappa shape index (κ1) is 21.9.